The van der Waals surface area contributed by atoms with E-state index in [2.05, 4.69) is 33.8 Å². The molecule has 0 amide bonds. The average molecular weight is 395 g/mol. The molecule has 1 saturated carbocycles. The number of hydrogen-bond donors (Lipinski definition) is 0. The largest absolute Gasteiger partial charge is 0.458 e. The molecule has 0 N–H and O–H groups in total. The normalized spacial score (nSPS) is 19.8. The molecule has 3 atom stereocenters. The first kappa shape index (κ1) is 22.7. The second kappa shape index (κ2) is 9.78. The first-order valence-corrected chi connectivity index (χ1v) is 10.5. The molecule has 0 spiro atoms. The molecular formula is C26H34O3. The third-order valence-electron chi connectivity index (χ3n) is 5.28. The summed E-state index contributed by atoms with van der Waals surface area (Å²) in [6, 6.07) is 17.4. The maximum atomic E-state index is 12.7. The lowest BCUT2D eigenvalue weighted by Gasteiger charge is -2.15. The van der Waals surface area contributed by atoms with E-state index >= 15 is 0 Å². The number of esters is 1. The molecule has 0 bridgehead atoms. The fraction of sp³-hybridized carbons (Fsp3) is 0.423. The van der Waals surface area contributed by atoms with E-state index in [9.17, 15) is 4.79 Å². The average Bonchev–Trinajstić information content (AvgIpc) is 3.23. The predicted molar refractivity (Wildman–Crippen MR) is 119 cm³/mol. The summed E-state index contributed by atoms with van der Waals surface area (Å²) in [6.45, 7) is 14.3. The molecule has 3 nitrogen and oxygen atoms in total. The van der Waals surface area contributed by atoms with E-state index in [1.165, 1.54) is 5.57 Å². The van der Waals surface area contributed by atoms with Crippen LogP contribution in [0, 0.1) is 17.3 Å². The Morgan fingerprint density at radius 3 is 2.24 bits per heavy atom. The summed E-state index contributed by atoms with van der Waals surface area (Å²) in [7, 11) is 0. The minimum absolute atomic E-state index is 0.0354. The zero-order valence-corrected chi connectivity index (χ0v) is 18.7. The van der Waals surface area contributed by atoms with Crippen molar-refractivity contribution in [1.29, 1.82) is 0 Å². The van der Waals surface area contributed by atoms with Gasteiger partial charge in [0, 0.05) is 0 Å². The van der Waals surface area contributed by atoms with Crippen LogP contribution >= 0.6 is 0 Å². The van der Waals surface area contributed by atoms with Gasteiger partial charge in [-0.2, -0.15) is 0 Å². The van der Waals surface area contributed by atoms with Gasteiger partial charge in [-0.15, -0.1) is 0 Å². The van der Waals surface area contributed by atoms with Gasteiger partial charge in [0.1, 0.15) is 17.6 Å². The van der Waals surface area contributed by atoms with Gasteiger partial charge in [0.15, 0.2) is 0 Å². The van der Waals surface area contributed by atoms with Crippen molar-refractivity contribution in [3.05, 3.63) is 71.8 Å². The van der Waals surface area contributed by atoms with E-state index in [-0.39, 0.29) is 29.3 Å². The topological polar surface area (TPSA) is 35.5 Å². The molecule has 1 aliphatic carbocycles. The molecule has 1 fully saturated rings. The molecule has 156 valence electrons. The van der Waals surface area contributed by atoms with Crippen molar-refractivity contribution in [1.82, 2.24) is 0 Å². The predicted octanol–water partition coefficient (Wildman–Crippen LogP) is 7.35. The van der Waals surface area contributed by atoms with Crippen molar-refractivity contribution < 1.29 is 14.3 Å². The van der Waals surface area contributed by atoms with E-state index < -0.39 is 0 Å². The van der Waals surface area contributed by atoms with Crippen molar-refractivity contribution in [2.24, 2.45) is 17.3 Å². The zero-order valence-electron chi connectivity index (χ0n) is 18.7. The summed E-state index contributed by atoms with van der Waals surface area (Å²) in [5.74, 6) is 1.58. The molecule has 0 radical (unpaired) electrons. The molecule has 0 aliphatic heterocycles. The Morgan fingerprint density at radius 2 is 1.62 bits per heavy atom. The van der Waals surface area contributed by atoms with Crippen molar-refractivity contribution in [2.45, 2.75) is 54.6 Å². The summed E-state index contributed by atoms with van der Waals surface area (Å²) in [6.07, 6.45) is 1.87. The summed E-state index contributed by atoms with van der Waals surface area (Å²) in [5, 5.41) is 0. The first-order chi connectivity index (χ1) is 13.8. The highest BCUT2D eigenvalue weighted by molar-refractivity contribution is 5.78. The maximum absolute atomic E-state index is 12.7. The zero-order chi connectivity index (χ0) is 21.6. The number of allylic oxidation sites excluding steroid dienone is 2. The van der Waals surface area contributed by atoms with Gasteiger partial charge in [-0.05, 0) is 61.9 Å². The standard InChI is InChI=1S/C24H28O3.C2H6/c1-16(2)14-21-22(24(21,4)5)23(25)26-17(3)18-10-9-13-20(15-18)27-19-11-7-6-8-12-19;1-2/h6-15,17,21-22H,1-5H3;1-2H3. The Bertz CT molecular complexity index is 832. The quantitative estimate of drug-likeness (QED) is 0.379. The van der Waals surface area contributed by atoms with Crippen LogP contribution < -0.4 is 4.74 Å². The molecule has 1 aliphatic rings. The van der Waals surface area contributed by atoms with Gasteiger partial charge in [0.05, 0.1) is 5.92 Å². The van der Waals surface area contributed by atoms with Crippen molar-refractivity contribution in [3.63, 3.8) is 0 Å². The SMILES string of the molecule is CC.CC(C)=CC1C(C(=O)OC(C)c2cccc(Oc3ccccc3)c2)C1(C)C. The number of para-hydroxylation sites is 1. The molecule has 3 rings (SSSR count). The lowest BCUT2D eigenvalue weighted by molar-refractivity contribution is -0.151. The third-order valence-corrected chi connectivity index (χ3v) is 5.28. The summed E-state index contributed by atoms with van der Waals surface area (Å²) in [5.41, 5.74) is 2.13. The van der Waals surface area contributed by atoms with Crippen LogP contribution in [0.25, 0.3) is 0 Å². The molecule has 2 aromatic carbocycles. The van der Waals surface area contributed by atoms with Crippen molar-refractivity contribution in [3.8, 4) is 11.5 Å². The van der Waals surface area contributed by atoms with Gasteiger partial charge >= 0.3 is 5.97 Å². The smallest absolute Gasteiger partial charge is 0.310 e. The molecule has 0 aromatic heterocycles. The summed E-state index contributed by atoms with van der Waals surface area (Å²) in [4.78, 5) is 12.7. The van der Waals surface area contributed by atoms with Gasteiger partial charge in [-0.25, -0.2) is 0 Å². The number of hydrogen-bond acceptors (Lipinski definition) is 3. The van der Waals surface area contributed by atoms with Crippen LogP contribution in [0.3, 0.4) is 0 Å². The second-order valence-electron chi connectivity index (χ2n) is 8.14. The minimum atomic E-state index is -0.319. The molecule has 3 unspecified atom stereocenters. The van der Waals surface area contributed by atoms with Crippen LogP contribution in [-0.2, 0) is 9.53 Å². The number of ether oxygens (including phenoxy) is 2. The Morgan fingerprint density at radius 1 is 1.00 bits per heavy atom. The van der Waals surface area contributed by atoms with Crippen LogP contribution in [0.1, 0.15) is 60.1 Å². The fourth-order valence-electron chi connectivity index (χ4n) is 3.57. The van der Waals surface area contributed by atoms with E-state index in [1.807, 2.05) is 75.4 Å². The molecule has 29 heavy (non-hydrogen) atoms. The highest BCUT2D eigenvalue weighted by atomic mass is 16.5. The number of benzene rings is 2. The van der Waals surface area contributed by atoms with Gasteiger partial charge in [0.2, 0.25) is 0 Å². The van der Waals surface area contributed by atoms with Crippen LogP contribution in [-0.4, -0.2) is 5.97 Å². The molecule has 0 heterocycles. The fourth-order valence-corrected chi connectivity index (χ4v) is 3.57. The molecular weight excluding hydrogens is 360 g/mol. The van der Waals surface area contributed by atoms with E-state index in [0.717, 1.165) is 17.1 Å². The van der Waals surface area contributed by atoms with E-state index in [1.54, 1.807) is 0 Å². The van der Waals surface area contributed by atoms with Gasteiger partial charge < -0.3 is 9.47 Å². The van der Waals surface area contributed by atoms with Crippen LogP contribution in [0.4, 0.5) is 0 Å². The van der Waals surface area contributed by atoms with Crippen LogP contribution in [0.5, 0.6) is 11.5 Å². The van der Waals surface area contributed by atoms with Crippen molar-refractivity contribution in [2.75, 3.05) is 0 Å². The second-order valence-corrected chi connectivity index (χ2v) is 8.14. The Kier molecular flexibility index (Phi) is 7.66. The first-order valence-electron chi connectivity index (χ1n) is 10.5. The molecule has 3 heteroatoms. The summed E-state index contributed by atoms with van der Waals surface area (Å²) < 4.78 is 11.7. The lowest BCUT2D eigenvalue weighted by atomic mass is 10.1. The maximum Gasteiger partial charge on any atom is 0.310 e. The molecule has 0 saturated heterocycles. The Balaban J connectivity index is 0.00000145. The minimum Gasteiger partial charge on any atom is -0.458 e. The third kappa shape index (κ3) is 5.72. The number of carbonyl (C=O) groups is 1. The van der Waals surface area contributed by atoms with Crippen LogP contribution in [0.2, 0.25) is 0 Å². The van der Waals surface area contributed by atoms with E-state index in [4.69, 9.17) is 9.47 Å². The monoisotopic (exact) mass is 394 g/mol. The lowest BCUT2D eigenvalue weighted by Crippen LogP contribution is -2.13. The van der Waals surface area contributed by atoms with Gasteiger partial charge in [0.25, 0.3) is 0 Å². The van der Waals surface area contributed by atoms with E-state index in [0.29, 0.717) is 0 Å². The Labute approximate surface area is 175 Å². The molecule has 2 aromatic rings. The number of carbonyl (C=O) groups excluding carboxylic acids is 1. The van der Waals surface area contributed by atoms with Crippen molar-refractivity contribution >= 4 is 5.97 Å². The van der Waals surface area contributed by atoms with Gasteiger partial charge in [-0.1, -0.05) is 69.7 Å². The van der Waals surface area contributed by atoms with Crippen LogP contribution in [0.15, 0.2) is 66.2 Å². The summed E-state index contributed by atoms with van der Waals surface area (Å²) >= 11 is 0. The highest BCUT2D eigenvalue weighted by Gasteiger charge is 2.61. The highest BCUT2D eigenvalue weighted by Crippen LogP contribution is 2.60. The number of rotatable bonds is 6. The van der Waals surface area contributed by atoms with Gasteiger partial charge in [-0.3, -0.25) is 4.79 Å². The Hall–Kier alpha value is -2.55.